The van der Waals surface area contributed by atoms with Gasteiger partial charge in [-0.3, -0.25) is 0 Å². The van der Waals surface area contributed by atoms with E-state index in [0.717, 1.165) is 30.5 Å². The molecule has 0 saturated heterocycles. The minimum atomic E-state index is 0.0556. The molecule has 0 aliphatic heterocycles. The monoisotopic (exact) mass is 265 g/mol. The summed E-state index contributed by atoms with van der Waals surface area (Å²) in [6.07, 6.45) is 2.76. The van der Waals surface area contributed by atoms with Gasteiger partial charge < -0.3 is 19.9 Å². The van der Waals surface area contributed by atoms with E-state index in [-0.39, 0.29) is 5.75 Å². The molecule has 1 aromatic carbocycles. The summed E-state index contributed by atoms with van der Waals surface area (Å²) in [5.41, 5.74) is 1.05. The van der Waals surface area contributed by atoms with Gasteiger partial charge >= 0.3 is 0 Å². The van der Waals surface area contributed by atoms with Gasteiger partial charge in [0.05, 0.1) is 14.2 Å². The zero-order valence-electron chi connectivity index (χ0n) is 11.9. The number of methoxy groups -OCH3 is 2. The molecule has 1 aliphatic carbocycles. The van der Waals surface area contributed by atoms with Crippen LogP contribution in [0.2, 0.25) is 0 Å². The third kappa shape index (κ3) is 3.53. The highest BCUT2D eigenvalue weighted by Gasteiger charge is 2.27. The van der Waals surface area contributed by atoms with Crippen LogP contribution in [0.5, 0.6) is 17.2 Å². The number of aromatic hydroxyl groups is 1. The molecule has 0 heterocycles. The molecule has 2 rings (SSSR count). The van der Waals surface area contributed by atoms with Crippen molar-refractivity contribution in [2.45, 2.75) is 26.3 Å². The van der Waals surface area contributed by atoms with Crippen LogP contribution in [0.4, 0.5) is 0 Å². The molecular formula is C15H23NO3. The average molecular weight is 265 g/mol. The average Bonchev–Trinajstić information content (AvgIpc) is 3.24. The molecule has 0 radical (unpaired) electrons. The van der Waals surface area contributed by atoms with Crippen molar-refractivity contribution in [3.8, 4) is 17.2 Å². The molecule has 1 unspecified atom stereocenters. The van der Waals surface area contributed by atoms with Crippen molar-refractivity contribution < 1.29 is 14.6 Å². The van der Waals surface area contributed by atoms with Crippen LogP contribution in [0.3, 0.4) is 0 Å². The Balaban J connectivity index is 1.95. The third-order valence-electron chi connectivity index (χ3n) is 3.76. The molecule has 106 valence electrons. The summed E-state index contributed by atoms with van der Waals surface area (Å²) in [7, 11) is 3.09. The minimum Gasteiger partial charge on any atom is -0.502 e. The number of rotatable bonds is 7. The second-order valence-corrected chi connectivity index (χ2v) is 5.29. The summed E-state index contributed by atoms with van der Waals surface area (Å²) in [5.74, 6) is 2.61. The summed E-state index contributed by atoms with van der Waals surface area (Å²) in [6.45, 7) is 4.07. The lowest BCUT2D eigenvalue weighted by atomic mass is 10.1. The molecule has 0 aromatic heterocycles. The van der Waals surface area contributed by atoms with Crippen LogP contribution in [0.1, 0.15) is 25.3 Å². The van der Waals surface area contributed by atoms with Crippen molar-refractivity contribution in [1.29, 1.82) is 0 Å². The first-order valence-corrected chi connectivity index (χ1v) is 6.80. The van der Waals surface area contributed by atoms with Crippen LogP contribution in [0.25, 0.3) is 0 Å². The zero-order valence-corrected chi connectivity index (χ0v) is 11.9. The first-order valence-electron chi connectivity index (χ1n) is 6.80. The SMILES string of the molecule is COc1cc(CNCC(C)C2CC2)cc(OC)c1O. The normalized spacial score (nSPS) is 16.2. The van der Waals surface area contributed by atoms with Gasteiger partial charge in [0.2, 0.25) is 5.75 Å². The van der Waals surface area contributed by atoms with E-state index in [0.29, 0.717) is 11.5 Å². The minimum absolute atomic E-state index is 0.0556. The van der Waals surface area contributed by atoms with Crippen molar-refractivity contribution >= 4 is 0 Å². The van der Waals surface area contributed by atoms with E-state index in [9.17, 15) is 5.11 Å². The second kappa shape index (κ2) is 6.15. The number of ether oxygens (including phenoxy) is 2. The molecule has 1 aromatic rings. The van der Waals surface area contributed by atoms with E-state index in [1.807, 2.05) is 12.1 Å². The van der Waals surface area contributed by atoms with Crippen LogP contribution in [0, 0.1) is 11.8 Å². The van der Waals surface area contributed by atoms with E-state index in [4.69, 9.17) is 9.47 Å². The number of hydrogen-bond donors (Lipinski definition) is 2. The Morgan fingerprint density at radius 1 is 1.26 bits per heavy atom. The highest BCUT2D eigenvalue weighted by Crippen LogP contribution is 2.37. The molecule has 1 aliphatic rings. The molecule has 1 fully saturated rings. The van der Waals surface area contributed by atoms with Gasteiger partial charge in [-0.2, -0.15) is 0 Å². The fourth-order valence-corrected chi connectivity index (χ4v) is 2.33. The molecule has 1 saturated carbocycles. The van der Waals surface area contributed by atoms with Gasteiger partial charge in [-0.1, -0.05) is 6.92 Å². The lowest BCUT2D eigenvalue weighted by molar-refractivity contribution is 0.338. The van der Waals surface area contributed by atoms with Crippen molar-refractivity contribution in [2.75, 3.05) is 20.8 Å². The smallest absolute Gasteiger partial charge is 0.200 e. The van der Waals surface area contributed by atoms with Crippen LogP contribution >= 0.6 is 0 Å². The number of phenols is 1. The van der Waals surface area contributed by atoms with E-state index in [2.05, 4.69) is 12.2 Å². The molecule has 0 bridgehead atoms. The summed E-state index contributed by atoms with van der Waals surface area (Å²) in [4.78, 5) is 0. The lowest BCUT2D eigenvalue weighted by Gasteiger charge is -2.14. The maximum absolute atomic E-state index is 9.84. The van der Waals surface area contributed by atoms with Gasteiger partial charge in [0, 0.05) is 6.54 Å². The molecule has 4 heteroatoms. The molecule has 1 atom stereocenters. The first-order chi connectivity index (χ1) is 9.15. The Morgan fingerprint density at radius 3 is 2.32 bits per heavy atom. The number of hydrogen-bond acceptors (Lipinski definition) is 4. The van der Waals surface area contributed by atoms with Crippen molar-refractivity contribution in [1.82, 2.24) is 5.32 Å². The quantitative estimate of drug-likeness (QED) is 0.795. The number of nitrogens with one attached hydrogen (secondary N) is 1. The maximum Gasteiger partial charge on any atom is 0.200 e. The Bertz CT molecular complexity index is 404. The van der Waals surface area contributed by atoms with Crippen molar-refractivity contribution in [2.24, 2.45) is 11.8 Å². The second-order valence-electron chi connectivity index (χ2n) is 5.29. The largest absolute Gasteiger partial charge is 0.502 e. The summed E-state index contributed by atoms with van der Waals surface area (Å²) in [5, 5.41) is 13.3. The zero-order chi connectivity index (χ0) is 13.8. The predicted octanol–water partition coefficient (Wildman–Crippen LogP) is 2.55. The van der Waals surface area contributed by atoms with Crippen molar-refractivity contribution in [3.63, 3.8) is 0 Å². The molecule has 2 N–H and O–H groups in total. The number of phenolic OH excluding ortho intramolecular Hbond substituents is 1. The van der Waals surface area contributed by atoms with E-state index >= 15 is 0 Å². The van der Waals surface area contributed by atoms with Crippen molar-refractivity contribution in [3.05, 3.63) is 17.7 Å². The van der Waals surface area contributed by atoms with Gasteiger partial charge in [0.25, 0.3) is 0 Å². The summed E-state index contributed by atoms with van der Waals surface area (Å²) < 4.78 is 10.3. The van der Waals surface area contributed by atoms with Crippen LogP contribution in [-0.2, 0) is 6.54 Å². The van der Waals surface area contributed by atoms with Gasteiger partial charge in [-0.05, 0) is 48.9 Å². The van der Waals surface area contributed by atoms with Crippen LogP contribution in [-0.4, -0.2) is 25.9 Å². The van der Waals surface area contributed by atoms with E-state index in [1.54, 1.807) is 14.2 Å². The van der Waals surface area contributed by atoms with Gasteiger partial charge in [0.15, 0.2) is 11.5 Å². The Labute approximate surface area is 114 Å². The highest BCUT2D eigenvalue weighted by atomic mass is 16.5. The van der Waals surface area contributed by atoms with E-state index in [1.165, 1.54) is 12.8 Å². The molecular weight excluding hydrogens is 242 g/mol. The van der Waals surface area contributed by atoms with E-state index < -0.39 is 0 Å². The fourth-order valence-electron chi connectivity index (χ4n) is 2.33. The summed E-state index contributed by atoms with van der Waals surface area (Å²) >= 11 is 0. The van der Waals surface area contributed by atoms with Gasteiger partial charge in [0.1, 0.15) is 0 Å². The van der Waals surface area contributed by atoms with Crippen LogP contribution < -0.4 is 14.8 Å². The Kier molecular flexibility index (Phi) is 4.53. The van der Waals surface area contributed by atoms with Crippen LogP contribution in [0.15, 0.2) is 12.1 Å². The molecule has 0 spiro atoms. The third-order valence-corrected chi connectivity index (χ3v) is 3.76. The molecule has 0 amide bonds. The van der Waals surface area contributed by atoms with Gasteiger partial charge in [-0.15, -0.1) is 0 Å². The lowest BCUT2D eigenvalue weighted by Crippen LogP contribution is -2.21. The fraction of sp³-hybridized carbons (Fsp3) is 0.600. The predicted molar refractivity (Wildman–Crippen MR) is 74.8 cm³/mol. The maximum atomic E-state index is 9.84. The first kappa shape index (κ1) is 14.0. The Hall–Kier alpha value is -1.42. The Morgan fingerprint density at radius 2 is 1.84 bits per heavy atom. The highest BCUT2D eigenvalue weighted by molar-refractivity contribution is 5.52. The summed E-state index contributed by atoms with van der Waals surface area (Å²) in [6, 6.07) is 3.68. The van der Waals surface area contributed by atoms with Gasteiger partial charge in [-0.25, -0.2) is 0 Å². The number of benzene rings is 1. The molecule has 4 nitrogen and oxygen atoms in total. The molecule has 19 heavy (non-hydrogen) atoms. The standard InChI is InChI=1S/C15H23NO3/c1-10(12-4-5-12)8-16-9-11-6-13(18-2)15(17)14(7-11)19-3/h6-7,10,12,16-17H,4-5,8-9H2,1-3H3. The topological polar surface area (TPSA) is 50.7 Å².